The smallest absolute Gasteiger partial charge is 0.0396 e. The molecule has 0 aliphatic carbocycles. The number of unbranched alkanes of at least 4 members (excludes halogenated alkanes) is 1. The lowest BCUT2D eigenvalue weighted by atomic mass is 9.98. The number of hydrogen-bond acceptors (Lipinski definition) is 1. The van der Waals surface area contributed by atoms with Crippen molar-refractivity contribution in [2.75, 3.05) is 18.5 Å². The van der Waals surface area contributed by atoms with Crippen molar-refractivity contribution in [3.63, 3.8) is 0 Å². The molecule has 0 heterocycles. The molecule has 0 radical (unpaired) electrons. The van der Waals surface area contributed by atoms with Gasteiger partial charge < -0.3 is 4.90 Å². The lowest BCUT2D eigenvalue weighted by Crippen LogP contribution is -2.25. The van der Waals surface area contributed by atoms with Crippen molar-refractivity contribution in [1.29, 1.82) is 0 Å². The summed E-state index contributed by atoms with van der Waals surface area (Å²) in [7, 11) is 2.23. The van der Waals surface area contributed by atoms with E-state index in [-0.39, 0.29) is 0 Å². The zero-order valence-corrected chi connectivity index (χ0v) is 12.8. The summed E-state index contributed by atoms with van der Waals surface area (Å²) in [5, 5.41) is 0. The quantitative estimate of drug-likeness (QED) is 0.658. The van der Waals surface area contributed by atoms with Crippen LogP contribution in [0.25, 0.3) is 0 Å². The Hall–Kier alpha value is -0.980. The van der Waals surface area contributed by atoms with Crippen LogP contribution in [-0.2, 0) is 0 Å². The number of rotatable bonds is 7. The van der Waals surface area contributed by atoms with E-state index in [1.165, 1.54) is 49.0 Å². The molecular weight excluding hydrogens is 218 g/mol. The summed E-state index contributed by atoms with van der Waals surface area (Å²) < 4.78 is 0. The summed E-state index contributed by atoms with van der Waals surface area (Å²) in [4.78, 5) is 2.44. The Morgan fingerprint density at radius 2 is 1.89 bits per heavy atom. The first-order valence-corrected chi connectivity index (χ1v) is 7.36. The van der Waals surface area contributed by atoms with E-state index in [0.717, 1.165) is 5.92 Å². The Morgan fingerprint density at radius 3 is 2.50 bits per heavy atom. The first kappa shape index (κ1) is 15.1. The van der Waals surface area contributed by atoms with Crippen LogP contribution in [0.4, 0.5) is 5.69 Å². The summed E-state index contributed by atoms with van der Waals surface area (Å²) in [5.74, 6) is 0.829. The van der Waals surface area contributed by atoms with Crippen molar-refractivity contribution in [3.05, 3.63) is 29.3 Å². The summed E-state index contributed by atoms with van der Waals surface area (Å²) in [5.41, 5.74) is 4.13. The van der Waals surface area contributed by atoms with Gasteiger partial charge in [0, 0.05) is 19.3 Å². The molecule has 0 saturated carbocycles. The summed E-state index contributed by atoms with van der Waals surface area (Å²) in [6.07, 6.45) is 5.32. The fourth-order valence-electron chi connectivity index (χ4n) is 2.53. The van der Waals surface area contributed by atoms with Crippen LogP contribution >= 0.6 is 0 Å². The average molecular weight is 247 g/mol. The Balaban J connectivity index is 2.67. The third-order valence-electron chi connectivity index (χ3n) is 3.85. The Bertz CT molecular complexity index is 357. The predicted molar refractivity (Wildman–Crippen MR) is 82.5 cm³/mol. The Kier molecular flexibility index (Phi) is 6.24. The maximum absolute atomic E-state index is 2.44. The molecule has 0 aliphatic heterocycles. The van der Waals surface area contributed by atoms with Crippen LogP contribution in [0.5, 0.6) is 0 Å². The molecule has 1 aromatic carbocycles. The molecule has 0 saturated heterocycles. The van der Waals surface area contributed by atoms with E-state index in [0.29, 0.717) is 0 Å². The third-order valence-corrected chi connectivity index (χ3v) is 3.85. The molecule has 0 aromatic heterocycles. The first-order valence-electron chi connectivity index (χ1n) is 7.36. The minimum absolute atomic E-state index is 0.829. The normalized spacial score (nSPS) is 12.5. The van der Waals surface area contributed by atoms with E-state index in [9.17, 15) is 0 Å². The van der Waals surface area contributed by atoms with Gasteiger partial charge in [-0.05, 0) is 43.4 Å². The van der Waals surface area contributed by atoms with Crippen molar-refractivity contribution in [2.24, 2.45) is 5.92 Å². The molecule has 102 valence electrons. The molecule has 1 nitrogen and oxygen atoms in total. The molecule has 1 rings (SSSR count). The summed E-state index contributed by atoms with van der Waals surface area (Å²) in [6, 6.07) is 6.73. The number of benzene rings is 1. The molecule has 0 fully saturated rings. The summed E-state index contributed by atoms with van der Waals surface area (Å²) >= 11 is 0. The van der Waals surface area contributed by atoms with Crippen LogP contribution in [0, 0.1) is 19.8 Å². The molecular formula is C17H29N. The van der Waals surface area contributed by atoms with Gasteiger partial charge in [0.05, 0.1) is 0 Å². The van der Waals surface area contributed by atoms with E-state index in [4.69, 9.17) is 0 Å². The molecule has 1 aromatic rings. The second kappa shape index (κ2) is 7.45. The van der Waals surface area contributed by atoms with E-state index in [1.807, 2.05) is 0 Å². The Labute approximate surface area is 113 Å². The molecule has 0 spiro atoms. The van der Waals surface area contributed by atoms with Crippen LogP contribution in [0.3, 0.4) is 0 Å². The van der Waals surface area contributed by atoms with E-state index in [2.05, 4.69) is 57.8 Å². The van der Waals surface area contributed by atoms with Gasteiger partial charge in [-0.3, -0.25) is 0 Å². The van der Waals surface area contributed by atoms with Crippen molar-refractivity contribution >= 4 is 5.69 Å². The van der Waals surface area contributed by atoms with Gasteiger partial charge in [-0.2, -0.15) is 0 Å². The maximum Gasteiger partial charge on any atom is 0.0396 e. The molecule has 1 unspecified atom stereocenters. The number of hydrogen-bond donors (Lipinski definition) is 0. The van der Waals surface area contributed by atoms with Gasteiger partial charge in [-0.15, -0.1) is 0 Å². The second-order valence-corrected chi connectivity index (χ2v) is 5.59. The van der Waals surface area contributed by atoms with Gasteiger partial charge in [-0.1, -0.05) is 45.2 Å². The van der Waals surface area contributed by atoms with Gasteiger partial charge >= 0.3 is 0 Å². The monoisotopic (exact) mass is 247 g/mol. The number of anilines is 1. The largest absolute Gasteiger partial charge is 0.374 e. The molecule has 1 atom stereocenters. The van der Waals surface area contributed by atoms with Crippen molar-refractivity contribution < 1.29 is 0 Å². The highest BCUT2D eigenvalue weighted by molar-refractivity contribution is 5.54. The minimum atomic E-state index is 0.829. The minimum Gasteiger partial charge on any atom is -0.374 e. The summed E-state index contributed by atoms with van der Waals surface area (Å²) in [6.45, 7) is 10.2. The topological polar surface area (TPSA) is 3.24 Å². The van der Waals surface area contributed by atoms with E-state index >= 15 is 0 Å². The van der Waals surface area contributed by atoms with E-state index in [1.54, 1.807) is 0 Å². The molecule has 1 heteroatoms. The van der Waals surface area contributed by atoms with Crippen LogP contribution in [0.15, 0.2) is 18.2 Å². The zero-order chi connectivity index (χ0) is 13.5. The Morgan fingerprint density at radius 1 is 1.17 bits per heavy atom. The zero-order valence-electron chi connectivity index (χ0n) is 12.8. The van der Waals surface area contributed by atoms with Gasteiger partial charge in [0.25, 0.3) is 0 Å². The highest BCUT2D eigenvalue weighted by Gasteiger charge is 2.11. The SMILES string of the molecule is CCCCC(CC)CN(C)c1cc(C)ccc1C. The lowest BCUT2D eigenvalue weighted by Gasteiger charge is -2.27. The van der Waals surface area contributed by atoms with Crippen LogP contribution in [0.1, 0.15) is 50.7 Å². The second-order valence-electron chi connectivity index (χ2n) is 5.59. The van der Waals surface area contributed by atoms with Crippen molar-refractivity contribution in [3.8, 4) is 0 Å². The highest BCUT2D eigenvalue weighted by Crippen LogP contribution is 2.23. The molecule has 0 bridgehead atoms. The van der Waals surface area contributed by atoms with Crippen molar-refractivity contribution in [2.45, 2.75) is 53.4 Å². The molecule has 0 N–H and O–H groups in total. The van der Waals surface area contributed by atoms with Crippen molar-refractivity contribution in [1.82, 2.24) is 0 Å². The number of aryl methyl sites for hydroxylation is 2. The first-order chi connectivity index (χ1) is 8.58. The van der Waals surface area contributed by atoms with Crippen LogP contribution in [0.2, 0.25) is 0 Å². The van der Waals surface area contributed by atoms with Gasteiger partial charge in [0.2, 0.25) is 0 Å². The van der Waals surface area contributed by atoms with Gasteiger partial charge in [0.1, 0.15) is 0 Å². The van der Waals surface area contributed by atoms with Crippen LogP contribution in [-0.4, -0.2) is 13.6 Å². The average Bonchev–Trinajstić information content (AvgIpc) is 2.37. The van der Waals surface area contributed by atoms with E-state index < -0.39 is 0 Å². The molecule has 18 heavy (non-hydrogen) atoms. The maximum atomic E-state index is 2.44. The highest BCUT2D eigenvalue weighted by atomic mass is 15.1. The fraction of sp³-hybridized carbons (Fsp3) is 0.647. The fourth-order valence-corrected chi connectivity index (χ4v) is 2.53. The standard InChI is InChI=1S/C17H29N/c1-6-8-9-16(7-2)13-18(5)17-12-14(3)10-11-15(17)4/h10-12,16H,6-9,13H2,1-5H3. The lowest BCUT2D eigenvalue weighted by molar-refractivity contribution is 0.453. The van der Waals surface area contributed by atoms with Gasteiger partial charge in [-0.25, -0.2) is 0 Å². The van der Waals surface area contributed by atoms with Crippen LogP contribution < -0.4 is 4.90 Å². The number of nitrogens with zero attached hydrogens (tertiary/aromatic N) is 1. The van der Waals surface area contributed by atoms with Gasteiger partial charge in [0.15, 0.2) is 0 Å². The molecule has 0 amide bonds. The third kappa shape index (κ3) is 4.36. The molecule has 0 aliphatic rings. The predicted octanol–water partition coefficient (Wildman–Crippen LogP) is 4.96.